The first-order chi connectivity index (χ1) is 6.45. The van der Waals surface area contributed by atoms with Crippen molar-refractivity contribution < 1.29 is 14.4 Å². The fraction of sp³-hybridized carbons (Fsp3) is 0.333. The molecule has 78 valence electrons. The molecule has 0 saturated heterocycles. The lowest BCUT2D eigenvalue weighted by molar-refractivity contribution is 0.359. The number of rotatable bonds is 3. The van der Waals surface area contributed by atoms with Crippen molar-refractivity contribution in [3.8, 4) is 0 Å². The van der Waals surface area contributed by atoms with Gasteiger partial charge < -0.3 is 15.5 Å². The van der Waals surface area contributed by atoms with Gasteiger partial charge in [-0.3, -0.25) is 4.57 Å². The molecule has 0 aliphatic heterocycles. The van der Waals surface area contributed by atoms with E-state index in [4.69, 9.17) is 15.5 Å². The van der Waals surface area contributed by atoms with E-state index >= 15 is 0 Å². The highest BCUT2D eigenvalue weighted by molar-refractivity contribution is 7.52. The Morgan fingerprint density at radius 3 is 2.21 bits per heavy atom. The average molecular weight is 215 g/mol. The van der Waals surface area contributed by atoms with E-state index in [1.807, 2.05) is 19.1 Å². The van der Waals surface area contributed by atoms with E-state index in [2.05, 4.69) is 0 Å². The van der Waals surface area contributed by atoms with E-state index in [9.17, 15) is 4.57 Å². The summed E-state index contributed by atoms with van der Waals surface area (Å²) in [7, 11) is -4.14. The topological polar surface area (TPSA) is 83.6 Å². The minimum Gasteiger partial charge on any atom is -0.329 e. The standard InChI is InChI=1S/C9H14NO3P/c1-7-2-4-8(5-3-7)9(6-10)14(11,12)13/h2-5,9H,6,10H2,1H3,(H2,11,12,13). The summed E-state index contributed by atoms with van der Waals surface area (Å²) >= 11 is 0. The summed E-state index contributed by atoms with van der Waals surface area (Å²) in [6.45, 7) is 1.87. The van der Waals surface area contributed by atoms with Crippen LogP contribution in [0.3, 0.4) is 0 Å². The SMILES string of the molecule is Cc1ccc(C(CN)P(=O)(O)O)cc1. The monoisotopic (exact) mass is 215 g/mol. The average Bonchev–Trinajstić information content (AvgIpc) is 2.07. The summed E-state index contributed by atoms with van der Waals surface area (Å²) in [6, 6.07) is 7.03. The number of hydrogen-bond donors (Lipinski definition) is 3. The summed E-state index contributed by atoms with van der Waals surface area (Å²) in [5.74, 6) is 0. The van der Waals surface area contributed by atoms with Crippen LogP contribution in [0.5, 0.6) is 0 Å². The van der Waals surface area contributed by atoms with Gasteiger partial charge in [0.2, 0.25) is 0 Å². The Balaban J connectivity index is 3.02. The van der Waals surface area contributed by atoms with Gasteiger partial charge in [-0.05, 0) is 12.5 Å². The molecule has 4 nitrogen and oxygen atoms in total. The lowest BCUT2D eigenvalue weighted by Crippen LogP contribution is -2.12. The number of benzene rings is 1. The Labute approximate surface area is 82.9 Å². The quantitative estimate of drug-likeness (QED) is 0.661. The van der Waals surface area contributed by atoms with Crippen LogP contribution < -0.4 is 5.73 Å². The summed E-state index contributed by atoms with van der Waals surface area (Å²) in [5, 5.41) is 0. The highest BCUT2D eigenvalue weighted by Crippen LogP contribution is 2.50. The molecule has 14 heavy (non-hydrogen) atoms. The van der Waals surface area contributed by atoms with E-state index in [-0.39, 0.29) is 6.54 Å². The van der Waals surface area contributed by atoms with Crippen molar-refractivity contribution in [2.75, 3.05) is 6.54 Å². The second kappa shape index (κ2) is 4.24. The van der Waals surface area contributed by atoms with Crippen LogP contribution >= 0.6 is 7.60 Å². The molecule has 0 saturated carbocycles. The fourth-order valence-corrected chi connectivity index (χ4v) is 2.09. The number of nitrogens with two attached hydrogens (primary N) is 1. The minimum atomic E-state index is -4.14. The zero-order valence-corrected chi connectivity index (χ0v) is 8.82. The minimum absolute atomic E-state index is 0.0483. The van der Waals surface area contributed by atoms with Gasteiger partial charge in [-0.2, -0.15) is 0 Å². The molecule has 1 aromatic carbocycles. The van der Waals surface area contributed by atoms with Crippen molar-refractivity contribution in [2.24, 2.45) is 5.73 Å². The first kappa shape index (κ1) is 11.4. The van der Waals surface area contributed by atoms with E-state index in [0.717, 1.165) is 5.56 Å². The van der Waals surface area contributed by atoms with Crippen LogP contribution in [0.1, 0.15) is 16.8 Å². The second-order valence-corrected chi connectivity index (χ2v) is 5.05. The van der Waals surface area contributed by atoms with Crippen molar-refractivity contribution in [1.29, 1.82) is 0 Å². The summed E-state index contributed by atoms with van der Waals surface area (Å²) in [5.41, 5.74) is 6.09. The van der Waals surface area contributed by atoms with Crippen molar-refractivity contribution >= 4 is 7.60 Å². The summed E-state index contributed by atoms with van der Waals surface area (Å²) < 4.78 is 11.1. The largest absolute Gasteiger partial charge is 0.334 e. The maximum Gasteiger partial charge on any atom is 0.334 e. The summed E-state index contributed by atoms with van der Waals surface area (Å²) in [4.78, 5) is 18.1. The Bertz CT molecular complexity index is 344. The van der Waals surface area contributed by atoms with Crippen LogP contribution in [0, 0.1) is 6.92 Å². The van der Waals surface area contributed by atoms with Gasteiger partial charge in [0.25, 0.3) is 0 Å². The molecule has 0 amide bonds. The third kappa shape index (κ3) is 2.66. The molecule has 0 spiro atoms. The Morgan fingerprint density at radius 1 is 1.36 bits per heavy atom. The molecule has 1 atom stereocenters. The van der Waals surface area contributed by atoms with Crippen LogP contribution in [0.15, 0.2) is 24.3 Å². The zero-order valence-electron chi connectivity index (χ0n) is 7.92. The van der Waals surface area contributed by atoms with Gasteiger partial charge in [0.1, 0.15) is 0 Å². The fourth-order valence-electron chi connectivity index (χ4n) is 1.26. The third-order valence-electron chi connectivity index (χ3n) is 2.09. The molecular weight excluding hydrogens is 201 g/mol. The molecule has 0 bridgehead atoms. The summed E-state index contributed by atoms with van der Waals surface area (Å²) in [6.07, 6.45) is 0. The molecule has 5 heteroatoms. The van der Waals surface area contributed by atoms with E-state index in [1.54, 1.807) is 12.1 Å². The molecule has 4 N–H and O–H groups in total. The van der Waals surface area contributed by atoms with Gasteiger partial charge in [0.15, 0.2) is 0 Å². The maximum atomic E-state index is 11.1. The van der Waals surface area contributed by atoms with Crippen LogP contribution in [0.4, 0.5) is 0 Å². The van der Waals surface area contributed by atoms with E-state index < -0.39 is 13.3 Å². The smallest absolute Gasteiger partial charge is 0.329 e. The van der Waals surface area contributed by atoms with Crippen molar-refractivity contribution in [1.82, 2.24) is 0 Å². The first-order valence-electron chi connectivity index (χ1n) is 4.27. The normalized spacial score (nSPS) is 14.0. The van der Waals surface area contributed by atoms with Gasteiger partial charge in [-0.1, -0.05) is 29.8 Å². The van der Waals surface area contributed by atoms with Gasteiger partial charge in [0.05, 0.1) is 5.66 Å². The first-order valence-corrected chi connectivity index (χ1v) is 5.95. The van der Waals surface area contributed by atoms with Gasteiger partial charge in [-0.15, -0.1) is 0 Å². The van der Waals surface area contributed by atoms with E-state index in [1.165, 1.54) is 0 Å². The van der Waals surface area contributed by atoms with Crippen LogP contribution in [-0.4, -0.2) is 16.3 Å². The highest BCUT2D eigenvalue weighted by Gasteiger charge is 2.28. The predicted octanol–water partition coefficient (Wildman–Crippen LogP) is 1.17. The predicted molar refractivity (Wildman–Crippen MR) is 55.0 cm³/mol. The molecule has 0 heterocycles. The van der Waals surface area contributed by atoms with Gasteiger partial charge >= 0.3 is 7.60 Å². The van der Waals surface area contributed by atoms with Crippen molar-refractivity contribution in [3.05, 3.63) is 35.4 Å². The molecule has 1 rings (SSSR count). The Hall–Kier alpha value is -0.670. The van der Waals surface area contributed by atoms with Crippen LogP contribution in [0.2, 0.25) is 0 Å². The molecule has 0 aromatic heterocycles. The zero-order chi connectivity index (χ0) is 10.8. The van der Waals surface area contributed by atoms with Crippen LogP contribution in [-0.2, 0) is 4.57 Å². The van der Waals surface area contributed by atoms with Crippen molar-refractivity contribution in [2.45, 2.75) is 12.6 Å². The molecule has 0 aliphatic carbocycles. The second-order valence-electron chi connectivity index (χ2n) is 3.25. The highest BCUT2D eigenvalue weighted by atomic mass is 31.2. The maximum absolute atomic E-state index is 11.1. The molecule has 0 fully saturated rings. The third-order valence-corrected chi connectivity index (χ3v) is 3.41. The van der Waals surface area contributed by atoms with Gasteiger partial charge in [-0.25, -0.2) is 0 Å². The Kier molecular flexibility index (Phi) is 3.45. The van der Waals surface area contributed by atoms with Gasteiger partial charge in [0, 0.05) is 6.54 Å². The Morgan fingerprint density at radius 2 is 1.86 bits per heavy atom. The lowest BCUT2D eigenvalue weighted by Gasteiger charge is -2.16. The number of hydrogen-bond acceptors (Lipinski definition) is 2. The number of aryl methyl sites for hydroxylation is 1. The van der Waals surface area contributed by atoms with E-state index in [0.29, 0.717) is 5.56 Å². The molecule has 0 aliphatic rings. The molecule has 1 unspecified atom stereocenters. The van der Waals surface area contributed by atoms with Crippen molar-refractivity contribution in [3.63, 3.8) is 0 Å². The molecular formula is C9H14NO3P. The van der Waals surface area contributed by atoms with Crippen LogP contribution in [0.25, 0.3) is 0 Å². The lowest BCUT2D eigenvalue weighted by atomic mass is 10.1. The molecule has 0 radical (unpaired) electrons. The molecule has 1 aromatic rings.